The Bertz CT molecular complexity index is 487. The van der Waals surface area contributed by atoms with Crippen LogP contribution in [0, 0.1) is 20.8 Å². The highest BCUT2D eigenvalue weighted by Crippen LogP contribution is 2.24. The number of aryl methyl sites for hydroxylation is 3. The van der Waals surface area contributed by atoms with Gasteiger partial charge in [0, 0.05) is 5.56 Å². The number of nitrogens with zero attached hydrogens (tertiary/aromatic N) is 2. The van der Waals surface area contributed by atoms with Gasteiger partial charge in [-0.05, 0) is 33.8 Å². The molecule has 5 heteroatoms. The second-order valence-electron chi connectivity index (χ2n) is 3.88. The Morgan fingerprint density at radius 3 is 2.56 bits per heavy atom. The highest BCUT2D eigenvalue weighted by molar-refractivity contribution is 5.31. The molecule has 0 aromatic carbocycles. The quantitative estimate of drug-likeness (QED) is 0.863. The van der Waals surface area contributed by atoms with Crippen LogP contribution in [0.1, 0.15) is 35.9 Å². The molecule has 0 spiro atoms. The Morgan fingerprint density at radius 2 is 2.06 bits per heavy atom. The fourth-order valence-electron chi connectivity index (χ4n) is 1.70. The second-order valence-corrected chi connectivity index (χ2v) is 3.88. The molecule has 1 unspecified atom stereocenters. The Balaban J connectivity index is 2.14. The number of hydrogen-bond donors (Lipinski definition) is 1. The van der Waals surface area contributed by atoms with Crippen molar-refractivity contribution >= 4 is 6.01 Å². The smallest absolute Gasteiger partial charge is 0.321 e. The molecule has 5 nitrogen and oxygen atoms in total. The van der Waals surface area contributed by atoms with Crippen molar-refractivity contribution < 1.29 is 8.94 Å². The van der Waals surface area contributed by atoms with Crippen molar-refractivity contribution in [2.45, 2.75) is 33.7 Å². The second kappa shape index (κ2) is 4.00. The van der Waals surface area contributed by atoms with Crippen molar-refractivity contribution in [2.24, 2.45) is 0 Å². The lowest BCUT2D eigenvalue weighted by Crippen LogP contribution is -2.07. The Hall–Kier alpha value is -1.78. The molecule has 1 N–H and O–H groups in total. The summed E-state index contributed by atoms with van der Waals surface area (Å²) in [7, 11) is 0. The topological polar surface area (TPSA) is 64.1 Å². The molecular weight excluding hydrogens is 206 g/mol. The molecule has 16 heavy (non-hydrogen) atoms. The summed E-state index contributed by atoms with van der Waals surface area (Å²) in [5.41, 5.74) is 1.10. The molecule has 0 saturated carbocycles. The van der Waals surface area contributed by atoms with E-state index in [9.17, 15) is 0 Å². The Morgan fingerprint density at radius 1 is 1.31 bits per heavy atom. The minimum atomic E-state index is 0.0808. The van der Waals surface area contributed by atoms with Gasteiger partial charge in [-0.3, -0.25) is 0 Å². The van der Waals surface area contributed by atoms with Gasteiger partial charge < -0.3 is 14.3 Å². The lowest BCUT2D eigenvalue weighted by molar-refractivity contribution is 0.422. The molecule has 0 aliphatic rings. The van der Waals surface area contributed by atoms with Gasteiger partial charge >= 0.3 is 6.01 Å². The van der Waals surface area contributed by atoms with Gasteiger partial charge in [-0.25, -0.2) is 0 Å². The molecule has 1 atom stereocenters. The molecule has 0 fully saturated rings. The highest BCUT2D eigenvalue weighted by atomic mass is 16.5. The van der Waals surface area contributed by atoms with Crippen LogP contribution in [-0.2, 0) is 0 Å². The van der Waals surface area contributed by atoms with E-state index in [0.29, 0.717) is 11.8 Å². The Labute approximate surface area is 93.8 Å². The highest BCUT2D eigenvalue weighted by Gasteiger charge is 2.14. The standard InChI is InChI=1S/C11H15N3O2/c1-6-5-10(8(3)15-6)7(2)12-11-13-9(4)14-16-11/h5,7H,1-4H3,(H,12,13,14). The lowest BCUT2D eigenvalue weighted by atomic mass is 10.1. The molecule has 2 aromatic rings. The fraction of sp³-hybridized carbons (Fsp3) is 0.455. The number of hydrogen-bond acceptors (Lipinski definition) is 5. The zero-order valence-electron chi connectivity index (χ0n) is 9.87. The number of rotatable bonds is 3. The van der Waals surface area contributed by atoms with E-state index in [1.54, 1.807) is 6.92 Å². The van der Waals surface area contributed by atoms with Crippen molar-refractivity contribution in [3.8, 4) is 0 Å². The summed E-state index contributed by atoms with van der Waals surface area (Å²) >= 11 is 0. The van der Waals surface area contributed by atoms with Gasteiger partial charge in [-0.2, -0.15) is 4.98 Å². The summed E-state index contributed by atoms with van der Waals surface area (Å²) in [4.78, 5) is 4.09. The van der Waals surface area contributed by atoms with Crippen molar-refractivity contribution in [3.05, 3.63) is 29.0 Å². The van der Waals surface area contributed by atoms with Gasteiger partial charge in [0.1, 0.15) is 11.5 Å². The van der Waals surface area contributed by atoms with Gasteiger partial charge in [0.05, 0.1) is 6.04 Å². The first kappa shape index (κ1) is 10.7. The van der Waals surface area contributed by atoms with Crippen LogP contribution in [0.2, 0.25) is 0 Å². The van der Waals surface area contributed by atoms with Gasteiger partial charge in [0.2, 0.25) is 0 Å². The van der Waals surface area contributed by atoms with Crippen LogP contribution in [0.3, 0.4) is 0 Å². The van der Waals surface area contributed by atoms with Crippen molar-refractivity contribution in [1.82, 2.24) is 10.1 Å². The molecule has 2 heterocycles. The predicted octanol–water partition coefficient (Wildman–Crippen LogP) is 2.76. The lowest BCUT2D eigenvalue weighted by Gasteiger charge is -2.09. The third-order valence-corrected chi connectivity index (χ3v) is 2.41. The summed E-state index contributed by atoms with van der Waals surface area (Å²) in [5, 5.41) is 6.85. The molecular formula is C11H15N3O2. The van der Waals surface area contributed by atoms with Crippen LogP contribution in [0.25, 0.3) is 0 Å². The maximum atomic E-state index is 5.47. The van der Waals surface area contributed by atoms with Crippen molar-refractivity contribution in [1.29, 1.82) is 0 Å². The zero-order valence-corrected chi connectivity index (χ0v) is 9.87. The summed E-state index contributed by atoms with van der Waals surface area (Å²) in [6.45, 7) is 7.68. The van der Waals surface area contributed by atoms with Gasteiger partial charge in [-0.15, -0.1) is 0 Å². The summed E-state index contributed by atoms with van der Waals surface area (Å²) in [5.74, 6) is 2.44. The molecule has 0 saturated heterocycles. The molecule has 2 aromatic heterocycles. The van der Waals surface area contributed by atoms with E-state index in [-0.39, 0.29) is 6.04 Å². The van der Waals surface area contributed by atoms with Crippen LogP contribution in [0.15, 0.2) is 15.0 Å². The minimum Gasteiger partial charge on any atom is -0.466 e. The number of nitrogens with one attached hydrogen (secondary N) is 1. The number of anilines is 1. The van der Waals surface area contributed by atoms with Crippen LogP contribution < -0.4 is 5.32 Å². The zero-order chi connectivity index (χ0) is 11.7. The molecule has 0 radical (unpaired) electrons. The maximum Gasteiger partial charge on any atom is 0.321 e. The first-order valence-electron chi connectivity index (χ1n) is 5.20. The van der Waals surface area contributed by atoms with Crippen molar-refractivity contribution in [2.75, 3.05) is 5.32 Å². The average molecular weight is 221 g/mol. The summed E-state index contributed by atoms with van der Waals surface area (Å²) in [6, 6.07) is 2.52. The average Bonchev–Trinajstić information content (AvgIpc) is 2.73. The van der Waals surface area contributed by atoms with E-state index in [4.69, 9.17) is 8.94 Å². The molecule has 0 aliphatic carbocycles. The largest absolute Gasteiger partial charge is 0.466 e. The Kier molecular flexibility index (Phi) is 2.68. The van der Waals surface area contributed by atoms with Crippen molar-refractivity contribution in [3.63, 3.8) is 0 Å². The van der Waals surface area contributed by atoms with Crippen LogP contribution in [-0.4, -0.2) is 10.1 Å². The molecule has 2 rings (SSSR count). The molecule has 86 valence electrons. The molecule has 0 amide bonds. The van der Waals surface area contributed by atoms with Gasteiger partial charge in [0.15, 0.2) is 5.82 Å². The third kappa shape index (κ3) is 2.08. The fourth-order valence-corrected chi connectivity index (χ4v) is 1.70. The van der Waals surface area contributed by atoms with E-state index in [1.807, 2.05) is 26.8 Å². The third-order valence-electron chi connectivity index (χ3n) is 2.41. The van der Waals surface area contributed by atoms with E-state index in [2.05, 4.69) is 15.5 Å². The van der Waals surface area contributed by atoms with Gasteiger partial charge in [0.25, 0.3) is 0 Å². The summed E-state index contributed by atoms with van der Waals surface area (Å²) in [6.07, 6.45) is 0. The van der Waals surface area contributed by atoms with E-state index < -0.39 is 0 Å². The van der Waals surface area contributed by atoms with E-state index in [1.165, 1.54) is 0 Å². The van der Waals surface area contributed by atoms with E-state index >= 15 is 0 Å². The monoisotopic (exact) mass is 221 g/mol. The summed E-state index contributed by atoms with van der Waals surface area (Å²) < 4.78 is 10.5. The normalized spacial score (nSPS) is 12.8. The number of furan rings is 1. The number of aromatic nitrogens is 2. The molecule has 0 aliphatic heterocycles. The predicted molar refractivity (Wildman–Crippen MR) is 59.3 cm³/mol. The SMILES string of the molecule is Cc1noc(NC(C)c2cc(C)oc2C)n1. The van der Waals surface area contributed by atoms with Crippen LogP contribution >= 0.6 is 0 Å². The van der Waals surface area contributed by atoms with Crippen LogP contribution in [0.4, 0.5) is 6.01 Å². The van der Waals surface area contributed by atoms with Crippen LogP contribution in [0.5, 0.6) is 0 Å². The maximum absolute atomic E-state index is 5.47. The molecule has 0 bridgehead atoms. The first-order valence-corrected chi connectivity index (χ1v) is 5.20. The van der Waals surface area contributed by atoms with Gasteiger partial charge in [-0.1, -0.05) is 5.16 Å². The van der Waals surface area contributed by atoms with E-state index in [0.717, 1.165) is 17.1 Å². The minimum absolute atomic E-state index is 0.0808. The first-order chi connectivity index (χ1) is 7.56.